The van der Waals surface area contributed by atoms with Crippen molar-refractivity contribution < 1.29 is 13.5 Å². The highest BCUT2D eigenvalue weighted by Crippen LogP contribution is 2.21. The Kier molecular flexibility index (Phi) is 4.96. The van der Waals surface area contributed by atoms with Crippen LogP contribution in [0.15, 0.2) is 18.2 Å². The lowest BCUT2D eigenvalue weighted by Crippen LogP contribution is -2.34. The fourth-order valence-corrected chi connectivity index (χ4v) is 1.66. The third-order valence-electron chi connectivity index (χ3n) is 2.47. The minimum atomic E-state index is -0.631. The van der Waals surface area contributed by atoms with E-state index in [0.717, 1.165) is 32.0 Å². The molecule has 16 heavy (non-hydrogen) atoms. The Morgan fingerprint density at radius 2 is 1.88 bits per heavy atom. The number of rotatable bonds is 2. The zero-order chi connectivity index (χ0) is 10.7. The van der Waals surface area contributed by atoms with Gasteiger partial charge in [-0.05, 0) is 38.1 Å². The van der Waals surface area contributed by atoms with E-state index in [4.69, 9.17) is 4.74 Å². The molecule has 90 valence electrons. The van der Waals surface area contributed by atoms with Gasteiger partial charge in [-0.3, -0.25) is 0 Å². The second-order valence-corrected chi connectivity index (χ2v) is 3.64. The molecule has 0 aromatic heterocycles. The Labute approximate surface area is 99.4 Å². The maximum atomic E-state index is 13.2. The first-order chi connectivity index (χ1) is 7.25. The third-order valence-corrected chi connectivity index (χ3v) is 2.47. The summed E-state index contributed by atoms with van der Waals surface area (Å²) in [5, 5.41) is 3.19. The van der Waals surface area contributed by atoms with E-state index in [1.807, 2.05) is 0 Å². The minimum absolute atomic E-state index is 0. The molecule has 0 bridgehead atoms. The number of ether oxygens (including phenoxy) is 1. The van der Waals surface area contributed by atoms with Gasteiger partial charge in [-0.25, -0.2) is 8.78 Å². The van der Waals surface area contributed by atoms with E-state index >= 15 is 0 Å². The van der Waals surface area contributed by atoms with Crippen molar-refractivity contribution in [3.05, 3.63) is 29.8 Å². The van der Waals surface area contributed by atoms with Crippen molar-refractivity contribution in [1.82, 2.24) is 5.32 Å². The second-order valence-electron chi connectivity index (χ2n) is 3.64. The fourth-order valence-electron chi connectivity index (χ4n) is 1.66. The maximum absolute atomic E-state index is 13.2. The smallest absolute Gasteiger partial charge is 0.167 e. The molecule has 5 heteroatoms. The van der Waals surface area contributed by atoms with Crippen LogP contribution in [0.25, 0.3) is 0 Å². The van der Waals surface area contributed by atoms with Gasteiger partial charge in [0.15, 0.2) is 11.6 Å². The Balaban J connectivity index is 0.00000128. The van der Waals surface area contributed by atoms with Gasteiger partial charge < -0.3 is 10.1 Å². The highest BCUT2D eigenvalue weighted by atomic mass is 35.5. The molecule has 1 saturated heterocycles. The highest BCUT2D eigenvalue weighted by molar-refractivity contribution is 5.85. The first kappa shape index (κ1) is 13.2. The summed E-state index contributed by atoms with van der Waals surface area (Å²) in [6, 6.07) is 3.39. The standard InChI is InChI=1S/C11H13F2NO.ClH/c12-8-1-2-11(10(13)7-8)15-9-3-5-14-6-4-9;/h1-2,7,9,14H,3-6H2;1H. The molecule has 0 radical (unpaired) electrons. The molecule has 2 nitrogen and oxygen atoms in total. The van der Waals surface area contributed by atoms with Gasteiger partial charge in [-0.15, -0.1) is 12.4 Å². The van der Waals surface area contributed by atoms with E-state index in [-0.39, 0.29) is 24.3 Å². The normalized spacial score (nSPS) is 16.6. The molecule has 1 aliphatic rings. The van der Waals surface area contributed by atoms with Crippen LogP contribution in [-0.4, -0.2) is 19.2 Å². The lowest BCUT2D eigenvalue weighted by molar-refractivity contribution is 0.155. The average molecular weight is 250 g/mol. The van der Waals surface area contributed by atoms with Crippen molar-refractivity contribution in [1.29, 1.82) is 0 Å². The summed E-state index contributed by atoms with van der Waals surface area (Å²) in [4.78, 5) is 0. The average Bonchev–Trinajstić information content (AvgIpc) is 2.24. The Hall–Kier alpha value is -0.870. The molecular weight excluding hydrogens is 236 g/mol. The van der Waals surface area contributed by atoms with Crippen LogP contribution in [0, 0.1) is 11.6 Å². The largest absolute Gasteiger partial charge is 0.487 e. The number of benzene rings is 1. The molecule has 0 aliphatic carbocycles. The van der Waals surface area contributed by atoms with Gasteiger partial charge in [-0.1, -0.05) is 0 Å². The number of piperidine rings is 1. The predicted octanol–water partition coefficient (Wildman–Crippen LogP) is 2.52. The lowest BCUT2D eigenvalue weighted by Gasteiger charge is -2.23. The van der Waals surface area contributed by atoms with Crippen molar-refractivity contribution in [2.24, 2.45) is 0 Å². The maximum Gasteiger partial charge on any atom is 0.167 e. The number of halogens is 3. The molecule has 0 amide bonds. The van der Waals surface area contributed by atoms with Crippen LogP contribution in [0.5, 0.6) is 5.75 Å². The summed E-state index contributed by atoms with van der Waals surface area (Å²) in [7, 11) is 0. The summed E-state index contributed by atoms with van der Waals surface area (Å²) >= 11 is 0. The van der Waals surface area contributed by atoms with Gasteiger partial charge >= 0.3 is 0 Å². The van der Waals surface area contributed by atoms with E-state index in [1.54, 1.807) is 0 Å². The van der Waals surface area contributed by atoms with Gasteiger partial charge in [0.05, 0.1) is 0 Å². The van der Waals surface area contributed by atoms with E-state index in [1.165, 1.54) is 12.1 Å². The van der Waals surface area contributed by atoms with Crippen molar-refractivity contribution in [3.63, 3.8) is 0 Å². The topological polar surface area (TPSA) is 21.3 Å². The summed E-state index contributed by atoms with van der Waals surface area (Å²) in [5.41, 5.74) is 0. The van der Waals surface area contributed by atoms with Crippen molar-refractivity contribution in [3.8, 4) is 5.75 Å². The molecule has 0 saturated carbocycles. The third kappa shape index (κ3) is 3.32. The fraction of sp³-hybridized carbons (Fsp3) is 0.455. The molecule has 0 atom stereocenters. The molecule has 1 fully saturated rings. The minimum Gasteiger partial charge on any atom is -0.487 e. The summed E-state index contributed by atoms with van der Waals surface area (Å²) in [6.45, 7) is 1.76. The van der Waals surface area contributed by atoms with Gasteiger partial charge in [0.2, 0.25) is 0 Å². The predicted molar refractivity (Wildman–Crippen MR) is 60.1 cm³/mol. The first-order valence-electron chi connectivity index (χ1n) is 5.08. The van der Waals surface area contributed by atoms with Crippen LogP contribution in [0.3, 0.4) is 0 Å². The van der Waals surface area contributed by atoms with Crippen LogP contribution >= 0.6 is 12.4 Å². The zero-order valence-electron chi connectivity index (χ0n) is 8.71. The summed E-state index contributed by atoms with van der Waals surface area (Å²) < 4.78 is 31.3. The Morgan fingerprint density at radius 3 is 2.50 bits per heavy atom. The summed E-state index contributed by atoms with van der Waals surface area (Å²) in [6.07, 6.45) is 1.75. The molecule has 1 aromatic carbocycles. The van der Waals surface area contributed by atoms with Crippen molar-refractivity contribution in [2.75, 3.05) is 13.1 Å². The monoisotopic (exact) mass is 249 g/mol. The van der Waals surface area contributed by atoms with Crippen LogP contribution in [0.4, 0.5) is 8.78 Å². The van der Waals surface area contributed by atoms with Gasteiger partial charge in [0.1, 0.15) is 11.9 Å². The van der Waals surface area contributed by atoms with E-state index < -0.39 is 11.6 Å². The van der Waals surface area contributed by atoms with E-state index in [2.05, 4.69) is 5.32 Å². The lowest BCUT2D eigenvalue weighted by atomic mass is 10.1. The van der Waals surface area contributed by atoms with Crippen molar-refractivity contribution >= 4 is 12.4 Å². The summed E-state index contributed by atoms with van der Waals surface area (Å²) in [5.74, 6) is -1.07. The zero-order valence-corrected chi connectivity index (χ0v) is 9.53. The molecule has 2 rings (SSSR count). The van der Waals surface area contributed by atoms with Gasteiger partial charge in [0, 0.05) is 6.07 Å². The van der Waals surface area contributed by atoms with Crippen LogP contribution in [0.1, 0.15) is 12.8 Å². The van der Waals surface area contributed by atoms with Gasteiger partial charge in [-0.2, -0.15) is 0 Å². The van der Waals surface area contributed by atoms with E-state index in [9.17, 15) is 8.78 Å². The van der Waals surface area contributed by atoms with Crippen molar-refractivity contribution in [2.45, 2.75) is 18.9 Å². The number of hydrogen-bond acceptors (Lipinski definition) is 2. The van der Waals surface area contributed by atoms with Crippen LogP contribution in [-0.2, 0) is 0 Å². The molecule has 1 aromatic rings. The number of nitrogens with one attached hydrogen (secondary N) is 1. The first-order valence-corrected chi connectivity index (χ1v) is 5.08. The molecule has 1 N–H and O–H groups in total. The molecule has 1 aliphatic heterocycles. The molecular formula is C11H14ClF2NO. The quantitative estimate of drug-likeness (QED) is 0.870. The van der Waals surface area contributed by atoms with Gasteiger partial charge in [0.25, 0.3) is 0 Å². The van der Waals surface area contributed by atoms with Crippen LogP contribution in [0.2, 0.25) is 0 Å². The molecule has 1 heterocycles. The highest BCUT2D eigenvalue weighted by Gasteiger charge is 2.16. The van der Waals surface area contributed by atoms with E-state index in [0.29, 0.717) is 0 Å². The SMILES string of the molecule is Cl.Fc1ccc(OC2CCNCC2)c(F)c1. The molecule has 0 unspecified atom stereocenters. The second kappa shape index (κ2) is 6.01. The molecule has 0 spiro atoms. The van der Waals surface area contributed by atoms with Crippen LogP contribution < -0.4 is 10.1 Å². The Bertz CT molecular complexity index is 343. The Morgan fingerprint density at radius 1 is 1.19 bits per heavy atom. The number of hydrogen-bond donors (Lipinski definition) is 1.